The van der Waals surface area contributed by atoms with E-state index in [2.05, 4.69) is 33.9 Å². The van der Waals surface area contributed by atoms with Gasteiger partial charge in [0.25, 0.3) is 0 Å². The van der Waals surface area contributed by atoms with Crippen LogP contribution in [0.5, 0.6) is 0 Å². The maximum atomic E-state index is 5.53. The topological polar surface area (TPSA) is 16.4 Å². The van der Waals surface area contributed by atoms with Crippen LogP contribution in [0, 0.1) is 6.92 Å². The number of aryl methyl sites for hydroxylation is 1. The van der Waals surface area contributed by atoms with Gasteiger partial charge in [-0.25, -0.2) is 0 Å². The zero-order valence-electron chi connectivity index (χ0n) is 9.63. The summed E-state index contributed by atoms with van der Waals surface area (Å²) in [6.07, 6.45) is 3.84. The quantitative estimate of drug-likeness (QED) is 0.558. The third-order valence-electron chi connectivity index (χ3n) is 2.40. The molecule has 0 saturated carbocycles. The molecule has 0 bridgehead atoms. The molecule has 1 rings (SSSR count). The molecule has 0 fully saturated rings. The highest BCUT2D eigenvalue weighted by atomic mass is 79.9. The number of furan rings is 1. The Balaban J connectivity index is 2.15. The average Bonchev–Trinajstić information content (AvgIpc) is 2.59. The van der Waals surface area contributed by atoms with Crippen LogP contribution in [-0.2, 0) is 6.54 Å². The summed E-state index contributed by atoms with van der Waals surface area (Å²) in [5, 5.41) is 1.12. The van der Waals surface area contributed by atoms with Crippen molar-refractivity contribution in [1.82, 2.24) is 4.90 Å². The Bertz CT molecular complexity index is 272. The van der Waals surface area contributed by atoms with Gasteiger partial charge in [-0.1, -0.05) is 22.4 Å². The lowest BCUT2D eigenvalue weighted by atomic mass is 10.2. The predicted molar refractivity (Wildman–Crippen MR) is 67.4 cm³/mol. The first-order valence-electron chi connectivity index (χ1n) is 5.52. The van der Waals surface area contributed by atoms with Crippen LogP contribution < -0.4 is 0 Å². The lowest BCUT2D eigenvalue weighted by molar-refractivity contribution is 0.286. The van der Waals surface area contributed by atoms with Crippen molar-refractivity contribution in [1.29, 1.82) is 0 Å². The van der Waals surface area contributed by atoms with Crippen molar-refractivity contribution >= 4 is 15.9 Å². The molecule has 1 aromatic rings. The van der Waals surface area contributed by atoms with Gasteiger partial charge in [-0.05, 0) is 45.5 Å². The highest BCUT2D eigenvalue weighted by Crippen LogP contribution is 2.09. The third kappa shape index (κ3) is 5.38. The molecule has 0 spiro atoms. The van der Waals surface area contributed by atoms with E-state index >= 15 is 0 Å². The van der Waals surface area contributed by atoms with Gasteiger partial charge in [-0.15, -0.1) is 0 Å². The van der Waals surface area contributed by atoms with E-state index in [0.717, 1.165) is 29.9 Å². The van der Waals surface area contributed by atoms with E-state index in [9.17, 15) is 0 Å². The summed E-state index contributed by atoms with van der Waals surface area (Å²) in [5.41, 5.74) is 0. The minimum absolute atomic E-state index is 0.919. The Labute approximate surface area is 101 Å². The van der Waals surface area contributed by atoms with Crippen molar-refractivity contribution in [2.24, 2.45) is 0 Å². The van der Waals surface area contributed by atoms with Crippen LogP contribution in [0.15, 0.2) is 16.5 Å². The van der Waals surface area contributed by atoms with Gasteiger partial charge in [-0.2, -0.15) is 0 Å². The fourth-order valence-corrected chi connectivity index (χ4v) is 1.96. The second-order valence-electron chi connectivity index (χ2n) is 4.00. The number of hydrogen-bond donors (Lipinski definition) is 0. The summed E-state index contributed by atoms with van der Waals surface area (Å²) in [7, 11) is 2.14. The lowest BCUT2D eigenvalue weighted by Crippen LogP contribution is -2.18. The molecule has 0 N–H and O–H groups in total. The fourth-order valence-electron chi connectivity index (χ4n) is 1.57. The lowest BCUT2D eigenvalue weighted by Gasteiger charge is -2.14. The molecule has 0 aliphatic carbocycles. The van der Waals surface area contributed by atoms with Gasteiger partial charge in [0.15, 0.2) is 0 Å². The Morgan fingerprint density at radius 1 is 1.27 bits per heavy atom. The largest absolute Gasteiger partial charge is 0.465 e. The molecule has 0 aliphatic heterocycles. The van der Waals surface area contributed by atoms with Gasteiger partial charge in [-0.3, -0.25) is 4.90 Å². The van der Waals surface area contributed by atoms with Crippen molar-refractivity contribution < 1.29 is 4.42 Å². The SMILES string of the molecule is Cc1ccc(CN(C)CCCCCBr)o1. The maximum absolute atomic E-state index is 5.53. The number of nitrogens with zero attached hydrogens (tertiary/aromatic N) is 1. The van der Waals surface area contributed by atoms with Gasteiger partial charge in [0.1, 0.15) is 11.5 Å². The van der Waals surface area contributed by atoms with Gasteiger partial charge in [0.2, 0.25) is 0 Å². The Morgan fingerprint density at radius 3 is 2.67 bits per heavy atom. The molecule has 0 aliphatic rings. The number of halogens is 1. The standard InChI is InChI=1S/C12H20BrNO/c1-11-6-7-12(15-11)10-14(2)9-5-3-4-8-13/h6-7H,3-5,8-10H2,1-2H3. The van der Waals surface area contributed by atoms with E-state index in [1.165, 1.54) is 19.3 Å². The number of alkyl halides is 1. The van der Waals surface area contributed by atoms with E-state index in [1.54, 1.807) is 0 Å². The maximum Gasteiger partial charge on any atom is 0.118 e. The van der Waals surface area contributed by atoms with E-state index in [4.69, 9.17) is 4.42 Å². The molecule has 3 heteroatoms. The molecule has 15 heavy (non-hydrogen) atoms. The molecule has 2 nitrogen and oxygen atoms in total. The Morgan fingerprint density at radius 2 is 2.07 bits per heavy atom. The average molecular weight is 274 g/mol. The summed E-state index contributed by atoms with van der Waals surface area (Å²) >= 11 is 3.44. The molecule has 0 amide bonds. The van der Waals surface area contributed by atoms with E-state index in [0.29, 0.717) is 0 Å². The van der Waals surface area contributed by atoms with Crippen LogP contribution in [0.3, 0.4) is 0 Å². The zero-order valence-corrected chi connectivity index (χ0v) is 11.2. The van der Waals surface area contributed by atoms with E-state index in [-0.39, 0.29) is 0 Å². The minimum Gasteiger partial charge on any atom is -0.465 e. The van der Waals surface area contributed by atoms with Crippen molar-refractivity contribution in [2.45, 2.75) is 32.7 Å². The molecule has 0 unspecified atom stereocenters. The number of hydrogen-bond acceptors (Lipinski definition) is 2. The molecular formula is C12H20BrNO. The number of rotatable bonds is 7. The summed E-state index contributed by atoms with van der Waals surface area (Å²) in [5.74, 6) is 2.06. The van der Waals surface area contributed by atoms with Crippen molar-refractivity contribution in [3.05, 3.63) is 23.7 Å². The zero-order chi connectivity index (χ0) is 11.1. The van der Waals surface area contributed by atoms with Crippen molar-refractivity contribution in [3.8, 4) is 0 Å². The van der Waals surface area contributed by atoms with Crippen LogP contribution in [0.25, 0.3) is 0 Å². The van der Waals surface area contributed by atoms with Crippen molar-refractivity contribution in [2.75, 3.05) is 18.9 Å². The molecular weight excluding hydrogens is 254 g/mol. The number of unbranched alkanes of at least 4 members (excludes halogenated alkanes) is 2. The summed E-state index contributed by atoms with van der Waals surface area (Å²) in [6.45, 7) is 4.05. The second-order valence-corrected chi connectivity index (χ2v) is 4.79. The van der Waals surface area contributed by atoms with E-state index in [1.807, 2.05) is 13.0 Å². The van der Waals surface area contributed by atoms with E-state index < -0.39 is 0 Å². The Kier molecular flexibility index (Phi) is 6.03. The van der Waals surface area contributed by atoms with Crippen LogP contribution in [0.1, 0.15) is 30.8 Å². The molecule has 1 heterocycles. The van der Waals surface area contributed by atoms with Crippen molar-refractivity contribution in [3.63, 3.8) is 0 Å². The first kappa shape index (κ1) is 12.8. The highest BCUT2D eigenvalue weighted by Gasteiger charge is 2.03. The predicted octanol–water partition coefficient (Wildman–Crippen LogP) is 3.59. The summed E-state index contributed by atoms with van der Waals surface area (Å²) in [6, 6.07) is 4.08. The first-order chi connectivity index (χ1) is 7.22. The molecule has 0 atom stereocenters. The summed E-state index contributed by atoms with van der Waals surface area (Å²) in [4.78, 5) is 2.31. The highest BCUT2D eigenvalue weighted by molar-refractivity contribution is 9.09. The molecule has 0 saturated heterocycles. The van der Waals surface area contributed by atoms with Crippen LogP contribution in [-0.4, -0.2) is 23.8 Å². The first-order valence-corrected chi connectivity index (χ1v) is 6.64. The van der Waals surface area contributed by atoms with Gasteiger partial charge < -0.3 is 4.42 Å². The fraction of sp³-hybridized carbons (Fsp3) is 0.667. The van der Waals surface area contributed by atoms with Gasteiger partial charge >= 0.3 is 0 Å². The minimum atomic E-state index is 0.919. The smallest absolute Gasteiger partial charge is 0.118 e. The summed E-state index contributed by atoms with van der Waals surface area (Å²) < 4.78 is 5.53. The molecule has 0 aromatic carbocycles. The third-order valence-corrected chi connectivity index (χ3v) is 2.96. The monoisotopic (exact) mass is 273 g/mol. The second kappa shape index (κ2) is 7.07. The van der Waals surface area contributed by atoms with Crippen LogP contribution >= 0.6 is 15.9 Å². The van der Waals surface area contributed by atoms with Crippen LogP contribution in [0.2, 0.25) is 0 Å². The molecule has 86 valence electrons. The van der Waals surface area contributed by atoms with Gasteiger partial charge in [0.05, 0.1) is 6.54 Å². The normalized spacial score (nSPS) is 11.2. The molecule has 1 aromatic heterocycles. The van der Waals surface area contributed by atoms with Gasteiger partial charge in [0, 0.05) is 5.33 Å². The molecule has 0 radical (unpaired) electrons. The Hall–Kier alpha value is -0.280. The van der Waals surface area contributed by atoms with Crippen LogP contribution in [0.4, 0.5) is 0 Å².